The Labute approximate surface area is 147 Å². The second-order valence-electron chi connectivity index (χ2n) is 7.19. The molecule has 0 spiro atoms. The number of ether oxygens (including phenoxy) is 1. The molecule has 7 heteroatoms. The molecule has 0 saturated carbocycles. The summed E-state index contributed by atoms with van der Waals surface area (Å²) < 4.78 is 4.67. The van der Waals surface area contributed by atoms with Crippen LogP contribution in [0.2, 0.25) is 0 Å². The average Bonchev–Trinajstić information content (AvgIpc) is 3.03. The van der Waals surface area contributed by atoms with Crippen molar-refractivity contribution >= 4 is 17.3 Å². The van der Waals surface area contributed by atoms with Gasteiger partial charge in [0.1, 0.15) is 5.69 Å². The van der Waals surface area contributed by atoms with E-state index in [2.05, 4.69) is 4.74 Å². The number of rotatable bonds is 6. The van der Waals surface area contributed by atoms with Gasteiger partial charge in [0.25, 0.3) is 5.69 Å². The van der Waals surface area contributed by atoms with Crippen LogP contribution in [0.25, 0.3) is 0 Å². The summed E-state index contributed by atoms with van der Waals surface area (Å²) in [5.74, 6) is -0.523. The fraction of sp³-hybridized carbons (Fsp3) is 0.611. The van der Waals surface area contributed by atoms with E-state index in [1.54, 1.807) is 19.9 Å². The largest absolute Gasteiger partial charge is 0.469 e. The van der Waals surface area contributed by atoms with Gasteiger partial charge in [-0.05, 0) is 44.2 Å². The number of nitro benzene ring substituents is 1. The number of carbonyl (C=O) groups is 1. The van der Waals surface area contributed by atoms with Crippen LogP contribution in [0.3, 0.4) is 0 Å². The molecule has 0 radical (unpaired) electrons. The zero-order chi connectivity index (χ0) is 18.8. The molecule has 0 bridgehead atoms. The predicted molar refractivity (Wildman–Crippen MR) is 94.8 cm³/mol. The van der Waals surface area contributed by atoms with Crippen molar-refractivity contribution in [2.45, 2.75) is 57.6 Å². The summed E-state index contributed by atoms with van der Waals surface area (Å²) in [5.41, 5.74) is 0.301. The molecular formula is C18H26N2O5. The van der Waals surface area contributed by atoms with E-state index in [0.717, 1.165) is 18.4 Å². The molecule has 25 heavy (non-hydrogen) atoms. The highest BCUT2D eigenvalue weighted by molar-refractivity contribution is 5.71. The molecule has 1 fully saturated rings. The van der Waals surface area contributed by atoms with Gasteiger partial charge in [-0.1, -0.05) is 13.0 Å². The molecule has 1 aliphatic heterocycles. The van der Waals surface area contributed by atoms with E-state index in [1.165, 1.54) is 13.2 Å². The topological polar surface area (TPSA) is 92.9 Å². The van der Waals surface area contributed by atoms with Crippen molar-refractivity contribution in [3.63, 3.8) is 0 Å². The van der Waals surface area contributed by atoms with Crippen molar-refractivity contribution < 1.29 is 19.6 Å². The quantitative estimate of drug-likeness (QED) is 0.482. The molecule has 2 unspecified atom stereocenters. The lowest BCUT2D eigenvalue weighted by molar-refractivity contribution is -0.384. The van der Waals surface area contributed by atoms with Crippen molar-refractivity contribution in [3.8, 4) is 0 Å². The van der Waals surface area contributed by atoms with Crippen molar-refractivity contribution in [1.29, 1.82) is 0 Å². The zero-order valence-electron chi connectivity index (χ0n) is 15.2. The lowest BCUT2D eigenvalue weighted by Crippen LogP contribution is -2.45. The van der Waals surface area contributed by atoms with Gasteiger partial charge >= 0.3 is 5.97 Å². The van der Waals surface area contributed by atoms with Gasteiger partial charge in [0.15, 0.2) is 0 Å². The Morgan fingerprint density at radius 3 is 2.76 bits per heavy atom. The number of aliphatic hydroxyl groups is 1. The number of nitro groups is 1. The van der Waals surface area contributed by atoms with E-state index in [0.29, 0.717) is 12.2 Å². The summed E-state index contributed by atoms with van der Waals surface area (Å²) in [4.78, 5) is 24.6. The smallest absolute Gasteiger partial charge is 0.306 e. The molecule has 0 aliphatic carbocycles. The number of carbonyl (C=O) groups excluding carboxylic acids is 1. The minimum Gasteiger partial charge on any atom is -0.469 e. The summed E-state index contributed by atoms with van der Waals surface area (Å²) in [6.07, 6.45) is 1.84. The average molecular weight is 350 g/mol. The minimum atomic E-state index is -0.943. The minimum absolute atomic E-state index is 0.00497. The highest BCUT2D eigenvalue weighted by Gasteiger charge is 2.38. The van der Waals surface area contributed by atoms with Gasteiger partial charge in [-0.15, -0.1) is 0 Å². The Kier molecular flexibility index (Phi) is 5.67. The normalized spacial score (nSPS) is 18.9. The van der Waals surface area contributed by atoms with Gasteiger partial charge in [0.05, 0.1) is 30.1 Å². The van der Waals surface area contributed by atoms with E-state index in [1.807, 2.05) is 17.9 Å². The predicted octanol–water partition coefficient (Wildman–Crippen LogP) is 3.00. The maximum Gasteiger partial charge on any atom is 0.306 e. The van der Waals surface area contributed by atoms with Gasteiger partial charge in [0, 0.05) is 12.6 Å². The summed E-state index contributed by atoms with van der Waals surface area (Å²) in [5, 5.41) is 22.0. The molecule has 2 atom stereocenters. The SMILES string of the molecule is COC(=O)CC(C)c1ccc(N2CCCC2C(C)(C)O)c([N+](=O)[O-])c1. The van der Waals surface area contributed by atoms with Gasteiger partial charge in [-0.2, -0.15) is 0 Å². The third-order valence-electron chi connectivity index (χ3n) is 4.84. The van der Waals surface area contributed by atoms with E-state index < -0.39 is 10.5 Å². The van der Waals surface area contributed by atoms with Crippen LogP contribution in [0.15, 0.2) is 18.2 Å². The number of hydrogen-bond donors (Lipinski definition) is 1. The van der Waals surface area contributed by atoms with Crippen LogP contribution < -0.4 is 4.90 Å². The van der Waals surface area contributed by atoms with Crippen LogP contribution in [0.1, 0.15) is 51.5 Å². The highest BCUT2D eigenvalue weighted by Crippen LogP contribution is 2.38. The third-order valence-corrected chi connectivity index (χ3v) is 4.84. The Morgan fingerprint density at radius 2 is 2.20 bits per heavy atom. The van der Waals surface area contributed by atoms with Gasteiger partial charge in [-0.3, -0.25) is 14.9 Å². The number of esters is 1. The Balaban J connectivity index is 2.37. The molecule has 0 amide bonds. The standard InChI is InChI=1S/C18H26N2O5/c1-12(10-17(21)25-4)13-7-8-14(15(11-13)20(23)24)19-9-5-6-16(19)18(2,3)22/h7-8,11-12,16,22H,5-6,9-10H2,1-4H3. The third kappa shape index (κ3) is 4.28. The van der Waals surface area contributed by atoms with Crippen molar-refractivity contribution in [2.75, 3.05) is 18.6 Å². The van der Waals surface area contributed by atoms with E-state index in [9.17, 15) is 20.0 Å². The maximum atomic E-state index is 11.6. The first-order valence-electron chi connectivity index (χ1n) is 8.49. The monoisotopic (exact) mass is 350 g/mol. The molecule has 138 valence electrons. The summed E-state index contributed by atoms with van der Waals surface area (Å²) in [6.45, 7) is 5.97. The molecule has 1 aromatic rings. The first-order chi connectivity index (χ1) is 11.6. The van der Waals surface area contributed by atoms with Crippen molar-refractivity contribution in [2.24, 2.45) is 0 Å². The second-order valence-corrected chi connectivity index (χ2v) is 7.19. The lowest BCUT2D eigenvalue weighted by Gasteiger charge is -2.35. The molecule has 0 aromatic heterocycles. The van der Waals surface area contributed by atoms with Crippen LogP contribution in [0.4, 0.5) is 11.4 Å². The van der Waals surface area contributed by atoms with E-state index in [4.69, 9.17) is 0 Å². The number of nitrogens with zero attached hydrogens (tertiary/aromatic N) is 2. The molecule has 1 saturated heterocycles. The Morgan fingerprint density at radius 1 is 1.52 bits per heavy atom. The Bertz CT molecular complexity index is 653. The number of benzene rings is 1. The fourth-order valence-corrected chi connectivity index (χ4v) is 3.48. The number of hydrogen-bond acceptors (Lipinski definition) is 6. The number of anilines is 1. The van der Waals surface area contributed by atoms with Gasteiger partial charge < -0.3 is 14.7 Å². The summed E-state index contributed by atoms with van der Waals surface area (Å²) >= 11 is 0. The first-order valence-corrected chi connectivity index (χ1v) is 8.49. The van der Waals surface area contributed by atoms with E-state index >= 15 is 0 Å². The van der Waals surface area contributed by atoms with Crippen LogP contribution in [-0.2, 0) is 9.53 Å². The van der Waals surface area contributed by atoms with Gasteiger partial charge in [-0.25, -0.2) is 0 Å². The van der Waals surface area contributed by atoms with Crippen molar-refractivity contribution in [1.82, 2.24) is 0 Å². The molecular weight excluding hydrogens is 324 g/mol. The van der Waals surface area contributed by atoms with Crippen LogP contribution >= 0.6 is 0 Å². The summed E-state index contributed by atoms with van der Waals surface area (Å²) in [7, 11) is 1.32. The molecule has 2 rings (SSSR count). The molecule has 1 aliphatic rings. The molecule has 7 nitrogen and oxygen atoms in total. The first kappa shape index (κ1) is 19.2. The van der Waals surface area contributed by atoms with Crippen LogP contribution in [0, 0.1) is 10.1 Å². The molecule has 1 N–H and O–H groups in total. The van der Waals surface area contributed by atoms with Gasteiger partial charge in [0.2, 0.25) is 0 Å². The van der Waals surface area contributed by atoms with Crippen LogP contribution in [0.5, 0.6) is 0 Å². The van der Waals surface area contributed by atoms with Crippen molar-refractivity contribution in [3.05, 3.63) is 33.9 Å². The maximum absolute atomic E-state index is 11.6. The zero-order valence-corrected chi connectivity index (χ0v) is 15.2. The highest BCUT2D eigenvalue weighted by atomic mass is 16.6. The fourth-order valence-electron chi connectivity index (χ4n) is 3.48. The van der Waals surface area contributed by atoms with Crippen LogP contribution in [-0.4, -0.2) is 41.3 Å². The second kappa shape index (κ2) is 7.39. The molecule has 1 heterocycles. The summed E-state index contributed by atoms with van der Waals surface area (Å²) in [6, 6.07) is 4.91. The van der Waals surface area contributed by atoms with E-state index in [-0.39, 0.29) is 30.0 Å². The number of methoxy groups -OCH3 is 1. The lowest BCUT2D eigenvalue weighted by atomic mass is 9.94. The Hall–Kier alpha value is -2.15. The molecule has 1 aromatic carbocycles.